The summed E-state index contributed by atoms with van der Waals surface area (Å²) >= 11 is -1.23. The van der Waals surface area contributed by atoms with Crippen LogP contribution in [-0.2, 0) is 37.6 Å². The molecule has 3 heterocycles. The van der Waals surface area contributed by atoms with E-state index in [2.05, 4.69) is 71.5 Å². The van der Waals surface area contributed by atoms with Gasteiger partial charge in [0.15, 0.2) is 4.90 Å². The molecule has 0 bridgehead atoms. The van der Waals surface area contributed by atoms with Crippen molar-refractivity contribution < 1.29 is 23.6 Å². The Morgan fingerprint density at radius 1 is 0.981 bits per heavy atom. The fourth-order valence-electron chi connectivity index (χ4n) is 6.92. The van der Waals surface area contributed by atoms with Crippen molar-refractivity contribution in [2.75, 3.05) is 49.7 Å². The summed E-state index contributed by atoms with van der Waals surface area (Å²) in [5.74, 6) is 1.10. The summed E-state index contributed by atoms with van der Waals surface area (Å²) in [5.41, 5.74) is 8.83. The second-order valence-electron chi connectivity index (χ2n) is 13.9. The first-order valence-electron chi connectivity index (χ1n) is 19.2. The van der Waals surface area contributed by atoms with Crippen molar-refractivity contribution in [3.63, 3.8) is 0 Å². The molecule has 2 atom stereocenters. The van der Waals surface area contributed by atoms with Crippen LogP contribution in [0.25, 0.3) is 17.2 Å². The van der Waals surface area contributed by atoms with E-state index >= 15 is 0 Å². The van der Waals surface area contributed by atoms with Crippen molar-refractivity contribution >= 4 is 34.5 Å². The molecule has 1 amide bonds. The van der Waals surface area contributed by atoms with E-state index < -0.39 is 11.2 Å². The number of carbonyl (C=O) groups excluding carboxylic acids is 1. The lowest BCUT2D eigenvalue weighted by Gasteiger charge is -2.31. The fourth-order valence-corrected chi connectivity index (χ4v) is 8.07. The van der Waals surface area contributed by atoms with Crippen LogP contribution in [0.3, 0.4) is 0 Å². The maximum absolute atomic E-state index is 13.8. The number of pyridine rings is 1. The predicted molar refractivity (Wildman–Crippen MR) is 215 cm³/mol. The third kappa shape index (κ3) is 10.7. The summed E-state index contributed by atoms with van der Waals surface area (Å²) in [6, 6.07) is 24.1. The lowest BCUT2D eigenvalue weighted by atomic mass is 9.96. The zero-order chi connectivity index (χ0) is 37.0. The normalized spacial score (nSPS) is 17.3. The number of hydrogen-bond donors (Lipinski definition) is 1. The SMILES string of the molecule is CCCCOCCOc1ccc(-c2ccc3c(c2)/C=C(/C(=O)Nc2ccc([S@@+]([O-])Cc4cnc(C)cc4CC)cc2)CCCN3C[C@@H]2CCCO2)cc1. The smallest absolute Gasteiger partial charge is 0.251 e. The van der Waals surface area contributed by atoms with Crippen LogP contribution in [0.5, 0.6) is 5.75 Å². The second-order valence-corrected chi connectivity index (χ2v) is 15.3. The average Bonchev–Trinajstić information content (AvgIpc) is 3.69. The van der Waals surface area contributed by atoms with E-state index in [0.717, 1.165) is 115 Å². The molecule has 1 fully saturated rings. The number of anilines is 2. The van der Waals surface area contributed by atoms with Crippen molar-refractivity contribution in [2.45, 2.75) is 82.5 Å². The Kier molecular flexibility index (Phi) is 14.0. The summed E-state index contributed by atoms with van der Waals surface area (Å²) in [6.07, 6.45) is 10.8. The van der Waals surface area contributed by atoms with Gasteiger partial charge in [0.05, 0.1) is 12.7 Å². The van der Waals surface area contributed by atoms with E-state index in [4.69, 9.17) is 14.2 Å². The number of amides is 1. The van der Waals surface area contributed by atoms with Gasteiger partial charge in [0, 0.05) is 60.7 Å². The molecule has 0 spiro atoms. The van der Waals surface area contributed by atoms with Crippen LogP contribution in [-0.4, -0.2) is 61.1 Å². The van der Waals surface area contributed by atoms with Crippen LogP contribution >= 0.6 is 0 Å². The molecule has 0 saturated carbocycles. The van der Waals surface area contributed by atoms with E-state index in [1.165, 1.54) is 5.56 Å². The molecule has 3 aromatic carbocycles. The average molecular weight is 736 g/mol. The first-order valence-corrected chi connectivity index (χ1v) is 20.5. The molecule has 0 unspecified atom stereocenters. The third-order valence-electron chi connectivity index (χ3n) is 9.90. The topological polar surface area (TPSA) is 96.0 Å². The molecule has 1 N–H and O–H groups in total. The number of fused-ring (bicyclic) bond motifs is 1. The predicted octanol–water partition coefficient (Wildman–Crippen LogP) is 8.92. The molecule has 0 radical (unpaired) electrons. The fraction of sp³-hybridized carbons (Fsp3) is 0.409. The zero-order valence-corrected chi connectivity index (χ0v) is 32.2. The molecule has 8 nitrogen and oxygen atoms in total. The summed E-state index contributed by atoms with van der Waals surface area (Å²) in [5, 5.41) is 3.11. The van der Waals surface area contributed by atoms with Crippen LogP contribution in [0.2, 0.25) is 0 Å². The number of hydrogen-bond acceptors (Lipinski definition) is 7. The molecule has 280 valence electrons. The van der Waals surface area contributed by atoms with Crippen molar-refractivity contribution in [3.8, 4) is 16.9 Å². The van der Waals surface area contributed by atoms with E-state index in [0.29, 0.717) is 31.1 Å². The monoisotopic (exact) mass is 735 g/mol. The highest BCUT2D eigenvalue weighted by atomic mass is 32.2. The lowest BCUT2D eigenvalue weighted by molar-refractivity contribution is -0.112. The molecule has 9 heteroatoms. The van der Waals surface area contributed by atoms with Crippen molar-refractivity contribution in [1.82, 2.24) is 4.98 Å². The van der Waals surface area contributed by atoms with Crippen molar-refractivity contribution in [3.05, 3.63) is 107 Å². The lowest BCUT2D eigenvalue weighted by Crippen LogP contribution is -2.34. The minimum Gasteiger partial charge on any atom is -0.611 e. The van der Waals surface area contributed by atoms with Crippen molar-refractivity contribution in [2.24, 2.45) is 0 Å². The highest BCUT2D eigenvalue weighted by molar-refractivity contribution is 7.90. The maximum atomic E-state index is 13.8. The largest absolute Gasteiger partial charge is 0.611 e. The van der Waals surface area contributed by atoms with Gasteiger partial charge in [-0.3, -0.25) is 9.78 Å². The van der Waals surface area contributed by atoms with Crippen LogP contribution in [0.4, 0.5) is 11.4 Å². The minimum absolute atomic E-state index is 0.124. The molecule has 1 aromatic heterocycles. The standard InChI is InChI=1S/C44H53N3O5S/c1-4-6-22-50-24-25-52-40-16-11-34(12-17-40)35-13-20-43-37(27-35)28-36(9-7-21-47(43)30-41-10-8-23-51-41)44(48)46-39-14-18-42(19-15-39)53(49)31-38-29-45-32(3)26-33(38)5-2/h11-20,26-29,41H,4-10,21-25,30-31H2,1-3H3,(H,46,48)/b36-28+/t41-,53-/m0/s1. The molecule has 4 aromatic rings. The summed E-state index contributed by atoms with van der Waals surface area (Å²) in [7, 11) is 0. The van der Waals surface area contributed by atoms with Gasteiger partial charge in [0.2, 0.25) is 0 Å². The quantitative estimate of drug-likeness (QED) is 0.0907. The van der Waals surface area contributed by atoms with Crippen molar-refractivity contribution in [1.29, 1.82) is 0 Å². The first-order chi connectivity index (χ1) is 25.9. The Morgan fingerprint density at radius 3 is 2.55 bits per heavy atom. The first kappa shape index (κ1) is 38.6. The van der Waals surface area contributed by atoms with Gasteiger partial charge >= 0.3 is 0 Å². The van der Waals surface area contributed by atoms with Gasteiger partial charge in [-0.2, -0.15) is 0 Å². The summed E-state index contributed by atoms with van der Waals surface area (Å²) in [4.78, 5) is 21.4. The van der Waals surface area contributed by atoms with Gasteiger partial charge in [-0.1, -0.05) is 38.5 Å². The molecule has 2 aliphatic rings. The van der Waals surface area contributed by atoms with Gasteiger partial charge in [0.1, 0.15) is 18.1 Å². The minimum atomic E-state index is -1.23. The highest BCUT2D eigenvalue weighted by Crippen LogP contribution is 2.34. The van der Waals surface area contributed by atoms with Crippen LogP contribution in [0.1, 0.15) is 74.8 Å². The number of benzene rings is 3. The molecule has 0 aliphatic carbocycles. The Hall–Kier alpha value is -4.15. The summed E-state index contributed by atoms with van der Waals surface area (Å²) in [6.45, 7) is 10.6. The Bertz CT molecular complexity index is 1820. The molecule has 1 saturated heterocycles. The Labute approximate surface area is 318 Å². The Balaban J connectivity index is 1.17. The molecule has 53 heavy (non-hydrogen) atoms. The van der Waals surface area contributed by atoms with E-state index in [1.54, 1.807) is 0 Å². The number of nitrogens with one attached hydrogen (secondary N) is 1. The second kappa shape index (κ2) is 19.3. The van der Waals surface area contributed by atoms with Gasteiger partial charge in [-0.15, -0.1) is 0 Å². The number of rotatable bonds is 16. The molecular weight excluding hydrogens is 683 g/mol. The van der Waals surface area contributed by atoms with Gasteiger partial charge in [-0.05, 0) is 140 Å². The third-order valence-corrected chi connectivity index (χ3v) is 11.3. The Morgan fingerprint density at radius 2 is 1.79 bits per heavy atom. The highest BCUT2D eigenvalue weighted by Gasteiger charge is 2.24. The van der Waals surface area contributed by atoms with Gasteiger partial charge < -0.3 is 29.0 Å². The molecule has 6 rings (SSSR count). The summed E-state index contributed by atoms with van der Waals surface area (Å²) < 4.78 is 30.8. The zero-order valence-electron chi connectivity index (χ0n) is 31.4. The number of unbranched alkanes of at least 4 members (excludes halogenated alkanes) is 1. The molecule has 2 aliphatic heterocycles. The van der Waals surface area contributed by atoms with Gasteiger partial charge in [-0.25, -0.2) is 0 Å². The van der Waals surface area contributed by atoms with Crippen LogP contribution in [0, 0.1) is 6.92 Å². The maximum Gasteiger partial charge on any atom is 0.251 e. The number of ether oxygens (including phenoxy) is 3. The van der Waals surface area contributed by atoms with Crippen LogP contribution in [0.15, 0.2) is 89.5 Å². The number of aromatic nitrogens is 1. The van der Waals surface area contributed by atoms with Crippen LogP contribution < -0.4 is 15.0 Å². The van der Waals surface area contributed by atoms with E-state index in [1.807, 2.05) is 49.5 Å². The number of nitrogens with zero attached hydrogens (tertiary/aromatic N) is 2. The molecular formula is C44H53N3O5S. The van der Waals surface area contributed by atoms with E-state index in [9.17, 15) is 9.35 Å². The number of carbonyl (C=O) groups is 1. The van der Waals surface area contributed by atoms with Gasteiger partial charge in [0.25, 0.3) is 5.91 Å². The van der Waals surface area contributed by atoms with E-state index in [-0.39, 0.29) is 12.0 Å². The number of aryl methyl sites for hydroxylation is 2.